The number of rotatable bonds is 3. The Morgan fingerprint density at radius 3 is 2.73 bits per heavy atom. The van der Waals surface area contributed by atoms with Crippen LogP contribution in [0.2, 0.25) is 0 Å². The van der Waals surface area contributed by atoms with Gasteiger partial charge in [0.25, 0.3) is 0 Å². The molecule has 0 spiro atoms. The van der Waals surface area contributed by atoms with E-state index in [2.05, 4.69) is 4.90 Å². The van der Waals surface area contributed by atoms with E-state index in [0.29, 0.717) is 5.76 Å². The number of piperidine rings is 1. The Bertz CT molecular complexity index is 305. The number of furan rings is 1. The van der Waals surface area contributed by atoms with Crippen molar-refractivity contribution < 1.29 is 9.52 Å². The second-order valence-corrected chi connectivity index (χ2v) is 3.98. The van der Waals surface area contributed by atoms with Gasteiger partial charge in [0.15, 0.2) is 5.88 Å². The molecule has 1 unspecified atom stereocenters. The van der Waals surface area contributed by atoms with Gasteiger partial charge in [0.05, 0.1) is 0 Å². The summed E-state index contributed by atoms with van der Waals surface area (Å²) in [6.45, 7) is 2.30. The predicted octanol–water partition coefficient (Wildman–Crippen LogP) is 1.26. The van der Waals surface area contributed by atoms with Crippen LogP contribution in [0, 0.1) is 0 Å². The third-order valence-corrected chi connectivity index (χ3v) is 2.83. The summed E-state index contributed by atoms with van der Waals surface area (Å²) in [4.78, 5) is 2.22. The minimum absolute atomic E-state index is 0.201. The average Bonchev–Trinajstić information content (AvgIpc) is 2.78. The first-order chi connectivity index (χ1) is 7.31. The zero-order valence-electron chi connectivity index (χ0n) is 8.85. The molecule has 3 N–H and O–H groups in total. The standard InChI is InChI=1S/C11H18N2O2/c12-8-9(14)10-4-5-11(15-10)13-6-2-1-3-7-13/h4-5,9,14H,1-3,6-8,12H2. The largest absolute Gasteiger partial charge is 0.443 e. The number of anilines is 1. The maximum Gasteiger partial charge on any atom is 0.195 e. The van der Waals surface area contributed by atoms with Crippen LogP contribution in [0.4, 0.5) is 5.88 Å². The van der Waals surface area contributed by atoms with Crippen LogP contribution in [-0.4, -0.2) is 24.7 Å². The first-order valence-electron chi connectivity index (χ1n) is 5.54. The molecule has 15 heavy (non-hydrogen) atoms. The Labute approximate surface area is 89.7 Å². The molecule has 0 aromatic carbocycles. The number of nitrogens with zero attached hydrogens (tertiary/aromatic N) is 1. The zero-order valence-corrected chi connectivity index (χ0v) is 8.85. The summed E-state index contributed by atoms with van der Waals surface area (Å²) in [6, 6.07) is 3.72. The highest BCUT2D eigenvalue weighted by Crippen LogP contribution is 2.25. The van der Waals surface area contributed by atoms with Crippen molar-refractivity contribution in [1.29, 1.82) is 0 Å². The van der Waals surface area contributed by atoms with Crippen LogP contribution in [0.15, 0.2) is 16.5 Å². The summed E-state index contributed by atoms with van der Waals surface area (Å²) in [5.41, 5.74) is 5.37. The molecule has 0 bridgehead atoms. The number of aliphatic hydroxyl groups excluding tert-OH is 1. The van der Waals surface area contributed by atoms with Crippen LogP contribution in [-0.2, 0) is 0 Å². The van der Waals surface area contributed by atoms with Crippen LogP contribution in [0.3, 0.4) is 0 Å². The SMILES string of the molecule is NCC(O)c1ccc(N2CCCCC2)o1. The van der Waals surface area contributed by atoms with Gasteiger partial charge in [0, 0.05) is 25.7 Å². The third-order valence-electron chi connectivity index (χ3n) is 2.83. The lowest BCUT2D eigenvalue weighted by atomic mass is 10.1. The van der Waals surface area contributed by atoms with Gasteiger partial charge in [-0.05, 0) is 25.3 Å². The molecule has 2 heterocycles. The van der Waals surface area contributed by atoms with E-state index in [1.54, 1.807) is 0 Å². The highest BCUT2D eigenvalue weighted by atomic mass is 16.4. The molecule has 4 heteroatoms. The van der Waals surface area contributed by atoms with E-state index in [9.17, 15) is 5.11 Å². The van der Waals surface area contributed by atoms with Gasteiger partial charge in [-0.2, -0.15) is 0 Å². The number of hydrogen-bond acceptors (Lipinski definition) is 4. The van der Waals surface area contributed by atoms with E-state index in [1.807, 2.05) is 12.1 Å². The Balaban J connectivity index is 2.05. The van der Waals surface area contributed by atoms with Crippen LogP contribution < -0.4 is 10.6 Å². The number of nitrogens with two attached hydrogens (primary N) is 1. The van der Waals surface area contributed by atoms with E-state index in [0.717, 1.165) is 19.0 Å². The summed E-state index contributed by atoms with van der Waals surface area (Å²) in [5.74, 6) is 1.43. The van der Waals surface area contributed by atoms with Crippen LogP contribution in [0.1, 0.15) is 31.1 Å². The van der Waals surface area contributed by atoms with Crippen molar-refractivity contribution in [1.82, 2.24) is 0 Å². The van der Waals surface area contributed by atoms with E-state index in [4.69, 9.17) is 10.2 Å². The summed E-state index contributed by atoms with van der Waals surface area (Å²) in [7, 11) is 0. The van der Waals surface area contributed by atoms with Crippen molar-refractivity contribution in [3.05, 3.63) is 17.9 Å². The Kier molecular flexibility index (Phi) is 3.28. The molecule has 1 aliphatic heterocycles. The highest BCUT2D eigenvalue weighted by Gasteiger charge is 2.16. The fraction of sp³-hybridized carbons (Fsp3) is 0.636. The van der Waals surface area contributed by atoms with Gasteiger partial charge in [0.2, 0.25) is 0 Å². The second kappa shape index (κ2) is 4.68. The van der Waals surface area contributed by atoms with Crippen molar-refractivity contribution in [2.24, 2.45) is 5.73 Å². The molecule has 1 aromatic rings. The highest BCUT2D eigenvalue weighted by molar-refractivity contribution is 5.37. The third kappa shape index (κ3) is 2.33. The van der Waals surface area contributed by atoms with Gasteiger partial charge >= 0.3 is 0 Å². The molecule has 2 rings (SSSR count). The fourth-order valence-corrected chi connectivity index (χ4v) is 1.92. The van der Waals surface area contributed by atoms with Crippen molar-refractivity contribution in [3.63, 3.8) is 0 Å². The van der Waals surface area contributed by atoms with Gasteiger partial charge in [-0.15, -0.1) is 0 Å². The number of aliphatic hydroxyl groups is 1. The molecular formula is C11H18N2O2. The quantitative estimate of drug-likeness (QED) is 0.788. The van der Waals surface area contributed by atoms with E-state index >= 15 is 0 Å². The lowest BCUT2D eigenvalue weighted by Gasteiger charge is -2.26. The Hall–Kier alpha value is -1.00. The molecule has 1 aromatic heterocycles. The molecule has 1 fully saturated rings. The minimum Gasteiger partial charge on any atom is -0.443 e. The summed E-state index contributed by atoms with van der Waals surface area (Å²) in [6.07, 6.45) is 3.06. The lowest BCUT2D eigenvalue weighted by Crippen LogP contribution is -2.28. The van der Waals surface area contributed by atoms with Crippen molar-refractivity contribution in [2.75, 3.05) is 24.5 Å². The van der Waals surface area contributed by atoms with Crippen molar-refractivity contribution in [3.8, 4) is 0 Å². The van der Waals surface area contributed by atoms with Crippen molar-refractivity contribution >= 4 is 5.88 Å². The molecule has 4 nitrogen and oxygen atoms in total. The van der Waals surface area contributed by atoms with E-state index in [-0.39, 0.29) is 6.54 Å². The molecule has 0 saturated carbocycles. The fourth-order valence-electron chi connectivity index (χ4n) is 1.92. The van der Waals surface area contributed by atoms with Gasteiger partial charge in [-0.3, -0.25) is 0 Å². The summed E-state index contributed by atoms with van der Waals surface area (Å²) in [5, 5.41) is 9.50. The monoisotopic (exact) mass is 210 g/mol. The normalized spacial score (nSPS) is 19.2. The molecule has 84 valence electrons. The smallest absolute Gasteiger partial charge is 0.195 e. The maximum atomic E-state index is 9.50. The van der Waals surface area contributed by atoms with Gasteiger partial charge in [-0.1, -0.05) is 0 Å². The first-order valence-corrected chi connectivity index (χ1v) is 5.54. The van der Waals surface area contributed by atoms with E-state index in [1.165, 1.54) is 19.3 Å². The average molecular weight is 210 g/mol. The second-order valence-electron chi connectivity index (χ2n) is 3.98. The molecular weight excluding hydrogens is 192 g/mol. The molecule has 1 aliphatic rings. The maximum absolute atomic E-state index is 9.50. The van der Waals surface area contributed by atoms with Gasteiger partial charge < -0.3 is 20.2 Å². The summed E-state index contributed by atoms with van der Waals surface area (Å²) >= 11 is 0. The van der Waals surface area contributed by atoms with Crippen molar-refractivity contribution in [2.45, 2.75) is 25.4 Å². The van der Waals surface area contributed by atoms with Crippen LogP contribution >= 0.6 is 0 Å². The van der Waals surface area contributed by atoms with Gasteiger partial charge in [0.1, 0.15) is 11.9 Å². The van der Waals surface area contributed by atoms with Gasteiger partial charge in [-0.25, -0.2) is 0 Å². The minimum atomic E-state index is -0.677. The lowest BCUT2D eigenvalue weighted by molar-refractivity contribution is 0.158. The molecule has 0 aliphatic carbocycles. The van der Waals surface area contributed by atoms with Crippen LogP contribution in [0.25, 0.3) is 0 Å². The molecule has 0 amide bonds. The Morgan fingerprint density at radius 1 is 1.33 bits per heavy atom. The zero-order chi connectivity index (χ0) is 10.7. The first kappa shape index (κ1) is 10.5. The summed E-state index contributed by atoms with van der Waals surface area (Å²) < 4.78 is 5.57. The van der Waals surface area contributed by atoms with E-state index < -0.39 is 6.10 Å². The molecule has 0 radical (unpaired) electrons. The molecule has 1 atom stereocenters. The number of hydrogen-bond donors (Lipinski definition) is 2. The predicted molar refractivity (Wildman–Crippen MR) is 58.8 cm³/mol. The molecule has 1 saturated heterocycles. The van der Waals surface area contributed by atoms with Crippen LogP contribution in [0.5, 0.6) is 0 Å². The Morgan fingerprint density at radius 2 is 2.07 bits per heavy atom. The topological polar surface area (TPSA) is 62.6 Å².